The van der Waals surface area contributed by atoms with Crippen molar-refractivity contribution in [1.82, 2.24) is 0 Å². The van der Waals surface area contributed by atoms with E-state index in [9.17, 15) is 24.8 Å². The van der Waals surface area contributed by atoms with Crippen LogP contribution in [0.1, 0.15) is 229 Å². The third kappa shape index (κ3) is 18.2. The number of hydrogen-bond acceptors (Lipinski definition) is 4. The number of aromatic hydroxyl groups is 4. The second kappa shape index (κ2) is 30.9. The second-order valence-electron chi connectivity index (χ2n) is 27.2. The van der Waals surface area contributed by atoms with Gasteiger partial charge in [-0.2, -0.15) is 0 Å². The third-order valence-electron chi connectivity index (χ3n) is 16.5. The molecule has 0 fully saturated rings. The first-order valence-corrected chi connectivity index (χ1v) is 32.5. The summed E-state index contributed by atoms with van der Waals surface area (Å²) in [5.41, 5.74) is 20.5. The van der Waals surface area contributed by atoms with Gasteiger partial charge in [-0.05, 0) is 231 Å². The van der Waals surface area contributed by atoms with Gasteiger partial charge in [0.1, 0.15) is 28.8 Å². The fourth-order valence-corrected chi connectivity index (χ4v) is 11.1. The molecule has 0 radical (unpaired) electrons. The predicted molar refractivity (Wildman–Crippen MR) is 381 cm³/mol. The lowest BCUT2D eigenvalue weighted by Gasteiger charge is -2.20. The quantitative estimate of drug-likeness (QED) is 0.0927. The van der Waals surface area contributed by atoms with Crippen molar-refractivity contribution in [1.29, 1.82) is 0 Å². The van der Waals surface area contributed by atoms with Crippen LogP contribution in [0.25, 0.3) is 55.6 Å². The Morgan fingerprint density at radius 3 is 0.764 bits per heavy atom. The zero-order valence-corrected chi connectivity index (χ0v) is 57.7. The summed E-state index contributed by atoms with van der Waals surface area (Å²) in [7, 11) is 0. The van der Waals surface area contributed by atoms with Gasteiger partial charge in [-0.25, -0.2) is 4.39 Å². The van der Waals surface area contributed by atoms with Crippen LogP contribution in [0.5, 0.6) is 23.0 Å². The molecule has 7 heteroatoms. The summed E-state index contributed by atoms with van der Waals surface area (Å²) in [6, 6.07) is 57.1. The van der Waals surface area contributed by atoms with Crippen LogP contribution in [-0.4, -0.2) is 20.4 Å². The van der Waals surface area contributed by atoms with Gasteiger partial charge < -0.3 is 20.4 Å². The van der Waals surface area contributed by atoms with Crippen molar-refractivity contribution in [3.05, 3.63) is 236 Å². The number of phenolic OH excluding ortho intramolecular Hbond substituents is 4. The summed E-state index contributed by atoms with van der Waals surface area (Å²) in [4.78, 5) is 0. The molecule has 89 heavy (non-hydrogen) atoms. The molecule has 0 aliphatic carbocycles. The maximum atomic E-state index is 13.7. The second-order valence-corrected chi connectivity index (χ2v) is 28.0. The largest absolute Gasteiger partial charge is 0.507 e. The molecular weight excluding hydrogens is 1140 g/mol. The van der Waals surface area contributed by atoms with Crippen LogP contribution in [0.4, 0.5) is 4.39 Å². The van der Waals surface area contributed by atoms with Crippen LogP contribution in [0.3, 0.4) is 0 Å². The minimum Gasteiger partial charge on any atom is -0.507 e. The predicted octanol–water partition coefficient (Wildman–Crippen LogP) is 25.6. The highest BCUT2D eigenvalue weighted by molar-refractivity contribution is 6.31. The number of phenols is 4. The molecule has 0 saturated carbocycles. The first-order valence-electron chi connectivity index (χ1n) is 31.7. The highest BCUT2D eigenvalue weighted by Crippen LogP contribution is 2.43. The van der Waals surface area contributed by atoms with Gasteiger partial charge in [0.2, 0.25) is 0 Å². The molecule has 470 valence electrons. The molecule has 0 unspecified atom stereocenters. The zero-order valence-electron chi connectivity index (χ0n) is 56.2. The van der Waals surface area contributed by atoms with Crippen molar-refractivity contribution in [3.63, 3.8) is 0 Å². The Morgan fingerprint density at radius 2 is 0.506 bits per heavy atom. The maximum absolute atomic E-state index is 13.7. The van der Waals surface area contributed by atoms with Gasteiger partial charge >= 0.3 is 0 Å². The Bertz CT molecular complexity index is 3660. The van der Waals surface area contributed by atoms with Gasteiger partial charge in [0, 0.05) is 5.02 Å². The topological polar surface area (TPSA) is 80.9 Å². The molecule has 0 bridgehead atoms. The standard InChI is InChI=1S/C24H26O.C22H30O.C18H20ClFO.C18H21ClO/c1-16(2)22-14-21(15-23(17(3)4)24(22)25)20-12-10-19(11-13-20)18-8-6-5-7-9-18;1-14(2)19-12-17(13-20(15(3)4)21(19)23)16-8-10-18(11-9-16)22(5,6)7;1-10(2)14-7-13(8-15(11(3)4)18(14)21)12-5-6-16(19)17(20)9-12;1-11(2)16-9-14(10-17(12(3)4)18(16)20)13-5-7-15(19)8-6-13/h5-17,25H,1-4H3;8-15,23H,1-7H3;5-11,21H,1-4H3;5-12,20H,1-4H3. The van der Waals surface area contributed by atoms with E-state index in [-0.39, 0.29) is 22.3 Å². The van der Waals surface area contributed by atoms with Gasteiger partial charge in [-0.3, -0.25) is 0 Å². The van der Waals surface area contributed by atoms with E-state index in [0.29, 0.717) is 58.5 Å². The van der Waals surface area contributed by atoms with Crippen molar-refractivity contribution in [2.75, 3.05) is 0 Å². The van der Waals surface area contributed by atoms with Gasteiger partial charge in [0.05, 0.1) is 5.02 Å². The Hall–Kier alpha value is -7.31. The molecule has 0 aliphatic rings. The fraction of sp³-hybridized carbons (Fsp3) is 0.341. The van der Waals surface area contributed by atoms with Crippen LogP contribution < -0.4 is 0 Å². The molecular formula is C82H97Cl2FO4. The summed E-state index contributed by atoms with van der Waals surface area (Å²) in [6.45, 7) is 40.3. The Morgan fingerprint density at radius 1 is 0.281 bits per heavy atom. The lowest BCUT2D eigenvalue weighted by atomic mass is 9.85. The van der Waals surface area contributed by atoms with E-state index in [1.54, 1.807) is 12.1 Å². The Kier molecular flexibility index (Phi) is 24.6. The minimum atomic E-state index is -0.431. The lowest BCUT2D eigenvalue weighted by molar-refractivity contribution is 0.454. The molecule has 4 N–H and O–H groups in total. The molecule has 0 heterocycles. The van der Waals surface area contributed by atoms with Gasteiger partial charge in [-0.15, -0.1) is 0 Å². The third-order valence-corrected chi connectivity index (χ3v) is 17.1. The Labute approximate surface area is 543 Å². The number of halogens is 3. The molecule has 0 aromatic heterocycles. The van der Waals surface area contributed by atoms with Gasteiger partial charge in [0.15, 0.2) is 0 Å². The van der Waals surface area contributed by atoms with Gasteiger partial charge in [0.25, 0.3) is 0 Å². The van der Waals surface area contributed by atoms with E-state index in [2.05, 4.69) is 213 Å². The first-order chi connectivity index (χ1) is 41.8. The normalized spacial score (nSPS) is 11.6. The van der Waals surface area contributed by atoms with E-state index in [1.807, 2.05) is 70.2 Å². The van der Waals surface area contributed by atoms with E-state index < -0.39 is 5.82 Å². The van der Waals surface area contributed by atoms with Crippen LogP contribution in [0, 0.1) is 5.82 Å². The maximum Gasteiger partial charge on any atom is 0.142 e. The molecule has 0 amide bonds. The summed E-state index contributed by atoms with van der Waals surface area (Å²) in [6.07, 6.45) is 0. The van der Waals surface area contributed by atoms with Gasteiger partial charge in [-0.1, -0.05) is 252 Å². The zero-order chi connectivity index (χ0) is 65.9. The molecule has 0 spiro atoms. The highest BCUT2D eigenvalue weighted by atomic mass is 35.5. The molecule has 0 atom stereocenters. The molecule has 0 aliphatic heterocycles. The van der Waals surface area contributed by atoms with Crippen molar-refractivity contribution in [2.24, 2.45) is 0 Å². The van der Waals surface area contributed by atoms with Crippen LogP contribution >= 0.6 is 23.2 Å². The number of benzene rings is 9. The van der Waals surface area contributed by atoms with E-state index in [4.69, 9.17) is 23.2 Å². The van der Waals surface area contributed by atoms with Crippen molar-refractivity contribution in [3.8, 4) is 78.6 Å². The van der Waals surface area contributed by atoms with E-state index in [0.717, 1.165) is 71.8 Å². The van der Waals surface area contributed by atoms with Crippen LogP contribution in [0.15, 0.2) is 170 Å². The molecule has 9 aromatic rings. The summed E-state index contributed by atoms with van der Waals surface area (Å²) in [5, 5.41) is 42.8. The molecule has 4 nitrogen and oxygen atoms in total. The van der Waals surface area contributed by atoms with Crippen molar-refractivity contribution >= 4 is 23.2 Å². The van der Waals surface area contributed by atoms with E-state index in [1.165, 1.54) is 45.0 Å². The van der Waals surface area contributed by atoms with E-state index >= 15 is 0 Å². The average molecular weight is 1240 g/mol. The lowest BCUT2D eigenvalue weighted by Crippen LogP contribution is -2.10. The first kappa shape index (κ1) is 70.8. The summed E-state index contributed by atoms with van der Waals surface area (Å²) >= 11 is 11.7. The Balaban J connectivity index is 0.000000190. The molecule has 0 saturated heterocycles. The average Bonchev–Trinajstić information content (AvgIpc) is 2.37. The SMILES string of the molecule is CC(C)c1cc(-c2ccc(-c3ccccc3)cc2)cc(C(C)C)c1O.CC(C)c1cc(-c2ccc(C(C)(C)C)cc2)cc(C(C)C)c1O.CC(C)c1cc(-c2ccc(Cl)c(F)c2)cc(C(C)C)c1O.CC(C)c1cc(-c2ccc(Cl)cc2)cc(C(C)C)c1O. The molecule has 9 rings (SSSR count). The number of hydrogen-bond donors (Lipinski definition) is 4. The van der Waals surface area contributed by atoms with Crippen LogP contribution in [0.2, 0.25) is 10.0 Å². The number of rotatable bonds is 13. The smallest absolute Gasteiger partial charge is 0.142 e. The fourth-order valence-electron chi connectivity index (χ4n) is 10.9. The van der Waals surface area contributed by atoms with Crippen molar-refractivity contribution in [2.45, 2.75) is 184 Å². The van der Waals surface area contributed by atoms with Crippen molar-refractivity contribution < 1.29 is 24.8 Å². The molecule has 9 aromatic carbocycles. The summed E-state index contributed by atoms with van der Waals surface area (Å²) in [5.74, 6) is 3.44. The van der Waals surface area contributed by atoms with Crippen LogP contribution in [-0.2, 0) is 5.41 Å². The summed E-state index contributed by atoms with van der Waals surface area (Å²) < 4.78 is 13.7. The monoisotopic (exact) mass is 1230 g/mol. The minimum absolute atomic E-state index is 0.116. The highest BCUT2D eigenvalue weighted by Gasteiger charge is 2.21.